The number of furan rings is 1. The summed E-state index contributed by atoms with van der Waals surface area (Å²) in [7, 11) is 0. The molecule has 0 saturated carbocycles. The van der Waals surface area contributed by atoms with Crippen LogP contribution in [0, 0.1) is 4.77 Å². The van der Waals surface area contributed by atoms with E-state index in [0.717, 1.165) is 17.1 Å². The smallest absolute Gasteiger partial charge is 0.216 e. The highest BCUT2D eigenvalue weighted by Crippen LogP contribution is 2.22. The first-order valence-electron chi connectivity index (χ1n) is 7.43. The first-order chi connectivity index (χ1) is 11.8. The minimum atomic E-state index is 0.412. The van der Waals surface area contributed by atoms with Crippen LogP contribution in [0.1, 0.15) is 12.7 Å². The minimum Gasteiger partial charge on any atom is -0.494 e. The molecule has 2 heterocycles. The lowest BCUT2D eigenvalue weighted by molar-refractivity contribution is 0.340. The third-order valence-corrected chi connectivity index (χ3v) is 3.39. The van der Waals surface area contributed by atoms with Crippen molar-refractivity contribution in [3.63, 3.8) is 0 Å². The fraction of sp³-hybridized carbons (Fsp3) is 0.118. The first kappa shape index (κ1) is 15.9. The molecule has 7 heteroatoms. The van der Waals surface area contributed by atoms with Crippen molar-refractivity contribution >= 4 is 24.5 Å². The van der Waals surface area contributed by atoms with Crippen LogP contribution in [-0.4, -0.2) is 27.7 Å². The lowest BCUT2D eigenvalue weighted by atomic mass is 10.2. The third-order valence-electron chi connectivity index (χ3n) is 3.13. The van der Waals surface area contributed by atoms with E-state index in [0.29, 0.717) is 17.2 Å². The van der Waals surface area contributed by atoms with Gasteiger partial charge in [-0.25, -0.2) is 5.10 Å². The number of nitrogens with zero attached hydrogens (tertiary/aromatic N) is 3. The third kappa shape index (κ3) is 3.69. The van der Waals surface area contributed by atoms with Crippen LogP contribution in [0.2, 0.25) is 0 Å². The van der Waals surface area contributed by atoms with Gasteiger partial charge in [-0.3, -0.25) is 0 Å². The van der Waals surface area contributed by atoms with E-state index >= 15 is 0 Å². The Morgan fingerprint density at radius 1 is 1.38 bits per heavy atom. The molecule has 1 aromatic carbocycles. The molecule has 0 fully saturated rings. The maximum absolute atomic E-state index is 5.52. The van der Waals surface area contributed by atoms with Gasteiger partial charge in [0.05, 0.1) is 12.9 Å². The number of allylic oxidation sites excluding steroid dienone is 1. The molecule has 3 rings (SSSR count). The van der Waals surface area contributed by atoms with Gasteiger partial charge in [-0.1, -0.05) is 12.1 Å². The summed E-state index contributed by atoms with van der Waals surface area (Å²) in [6.07, 6.45) is 6.83. The molecular weight excluding hydrogens is 324 g/mol. The van der Waals surface area contributed by atoms with Crippen LogP contribution in [0.25, 0.3) is 17.5 Å². The van der Waals surface area contributed by atoms with Crippen LogP contribution in [0.5, 0.6) is 5.75 Å². The summed E-state index contributed by atoms with van der Waals surface area (Å²) in [5.41, 5.74) is 0.862. The molecule has 0 saturated heterocycles. The summed E-state index contributed by atoms with van der Waals surface area (Å²) in [4.78, 5) is 0. The van der Waals surface area contributed by atoms with Gasteiger partial charge in [0.1, 0.15) is 11.5 Å². The Hall–Kier alpha value is -2.93. The molecule has 0 aliphatic carbocycles. The van der Waals surface area contributed by atoms with Crippen molar-refractivity contribution in [3.8, 4) is 17.1 Å². The second-order valence-corrected chi connectivity index (χ2v) is 5.15. The largest absolute Gasteiger partial charge is 0.494 e. The Labute approximate surface area is 144 Å². The monoisotopic (exact) mass is 340 g/mol. The quantitative estimate of drug-likeness (QED) is 0.541. The minimum absolute atomic E-state index is 0.412. The molecule has 0 atom stereocenters. The Morgan fingerprint density at radius 3 is 3.08 bits per heavy atom. The number of hydrogen-bond donors (Lipinski definition) is 1. The zero-order valence-corrected chi connectivity index (χ0v) is 13.9. The number of H-pyrrole nitrogens is 1. The Bertz CT molecular complexity index is 907. The predicted octanol–water partition coefficient (Wildman–Crippen LogP) is 4.15. The fourth-order valence-electron chi connectivity index (χ4n) is 2.11. The van der Waals surface area contributed by atoms with Crippen molar-refractivity contribution in [3.05, 3.63) is 59.3 Å². The number of ether oxygens (including phenoxy) is 1. The van der Waals surface area contributed by atoms with E-state index in [1.165, 1.54) is 0 Å². The van der Waals surface area contributed by atoms with E-state index in [9.17, 15) is 0 Å². The van der Waals surface area contributed by atoms with E-state index in [2.05, 4.69) is 15.3 Å². The fourth-order valence-corrected chi connectivity index (χ4v) is 2.29. The van der Waals surface area contributed by atoms with Gasteiger partial charge >= 0.3 is 0 Å². The highest BCUT2D eigenvalue weighted by molar-refractivity contribution is 7.71. The summed E-state index contributed by atoms with van der Waals surface area (Å²) in [6, 6.07) is 11.3. The van der Waals surface area contributed by atoms with Crippen LogP contribution in [0.4, 0.5) is 0 Å². The molecule has 1 N–H and O–H groups in total. The summed E-state index contributed by atoms with van der Waals surface area (Å²) in [5.74, 6) is 2.14. The molecule has 0 amide bonds. The zero-order chi connectivity index (χ0) is 16.8. The summed E-state index contributed by atoms with van der Waals surface area (Å²) >= 11 is 5.24. The second kappa shape index (κ2) is 7.56. The van der Waals surface area contributed by atoms with E-state index in [-0.39, 0.29) is 0 Å². The molecule has 2 aromatic heterocycles. The van der Waals surface area contributed by atoms with Crippen molar-refractivity contribution < 1.29 is 9.15 Å². The van der Waals surface area contributed by atoms with Crippen molar-refractivity contribution in [1.29, 1.82) is 0 Å². The molecule has 3 aromatic rings. The van der Waals surface area contributed by atoms with Gasteiger partial charge in [-0.15, -0.1) is 0 Å². The molecule has 6 nitrogen and oxygen atoms in total. The molecule has 24 heavy (non-hydrogen) atoms. The summed E-state index contributed by atoms with van der Waals surface area (Å²) in [5, 5.41) is 11.4. The Kier molecular flexibility index (Phi) is 5.02. The summed E-state index contributed by atoms with van der Waals surface area (Å²) < 4.78 is 12.7. The highest BCUT2D eigenvalue weighted by Gasteiger charge is 2.08. The van der Waals surface area contributed by atoms with Gasteiger partial charge in [0.25, 0.3) is 0 Å². The Morgan fingerprint density at radius 2 is 2.29 bits per heavy atom. The van der Waals surface area contributed by atoms with Crippen LogP contribution in [0.3, 0.4) is 0 Å². The molecule has 0 aliphatic rings. The van der Waals surface area contributed by atoms with Gasteiger partial charge in [0, 0.05) is 11.8 Å². The number of rotatable bonds is 6. The van der Waals surface area contributed by atoms with Crippen LogP contribution in [0.15, 0.2) is 58.3 Å². The van der Waals surface area contributed by atoms with Gasteiger partial charge < -0.3 is 9.15 Å². The van der Waals surface area contributed by atoms with Crippen molar-refractivity contribution in [2.24, 2.45) is 5.10 Å². The predicted molar refractivity (Wildman–Crippen MR) is 95.6 cm³/mol. The molecule has 0 bridgehead atoms. The maximum atomic E-state index is 5.52. The van der Waals surface area contributed by atoms with E-state index in [1.807, 2.05) is 49.4 Å². The maximum Gasteiger partial charge on any atom is 0.216 e. The standard InChI is InChI=1S/C17H16N4O2S/c1-2-22-15-7-3-6-13(12-15)16-19-20-17(24)21(16)18-10-4-8-14-9-5-11-23-14/h3-12H,2H2,1H3,(H,20,24)/b8-4+,18-10-. The van der Waals surface area contributed by atoms with Gasteiger partial charge in [0.2, 0.25) is 4.77 Å². The Balaban J connectivity index is 1.86. The second-order valence-electron chi connectivity index (χ2n) is 4.76. The van der Waals surface area contributed by atoms with Crippen LogP contribution >= 0.6 is 12.2 Å². The summed E-state index contributed by atoms with van der Waals surface area (Å²) in [6.45, 7) is 2.55. The first-order valence-corrected chi connectivity index (χ1v) is 7.84. The number of hydrogen-bond acceptors (Lipinski definition) is 5. The molecule has 0 radical (unpaired) electrons. The molecule has 0 spiro atoms. The van der Waals surface area contributed by atoms with Gasteiger partial charge in [-0.05, 0) is 55.6 Å². The van der Waals surface area contributed by atoms with Crippen molar-refractivity contribution in [2.45, 2.75) is 6.92 Å². The van der Waals surface area contributed by atoms with Gasteiger partial charge in [0.15, 0.2) is 5.82 Å². The lowest BCUT2D eigenvalue weighted by Gasteiger charge is -2.05. The van der Waals surface area contributed by atoms with Crippen molar-refractivity contribution in [2.75, 3.05) is 6.61 Å². The van der Waals surface area contributed by atoms with Crippen molar-refractivity contribution in [1.82, 2.24) is 14.9 Å². The van der Waals surface area contributed by atoms with Crippen LogP contribution in [-0.2, 0) is 0 Å². The normalized spacial score (nSPS) is 11.5. The number of benzene rings is 1. The zero-order valence-electron chi connectivity index (χ0n) is 13.0. The number of nitrogens with one attached hydrogen (secondary N) is 1. The highest BCUT2D eigenvalue weighted by atomic mass is 32.1. The molecule has 0 aliphatic heterocycles. The topological polar surface area (TPSA) is 68.3 Å². The number of aromatic amines is 1. The average molecular weight is 340 g/mol. The van der Waals surface area contributed by atoms with E-state index in [1.54, 1.807) is 23.2 Å². The average Bonchev–Trinajstić information content (AvgIpc) is 3.22. The number of aromatic nitrogens is 3. The molecular formula is C17H16N4O2S. The van der Waals surface area contributed by atoms with Crippen LogP contribution < -0.4 is 4.74 Å². The van der Waals surface area contributed by atoms with E-state index < -0.39 is 0 Å². The van der Waals surface area contributed by atoms with Gasteiger partial charge in [-0.2, -0.15) is 14.9 Å². The van der Waals surface area contributed by atoms with E-state index in [4.69, 9.17) is 21.4 Å². The molecule has 122 valence electrons. The SMILES string of the molecule is CCOc1cccc(-c2n[nH]c(=S)n2/N=C\C=C\c2ccco2)c1. The lowest BCUT2D eigenvalue weighted by Crippen LogP contribution is -1.95. The molecule has 0 unspecified atom stereocenters.